The lowest BCUT2D eigenvalue weighted by Gasteiger charge is -2.13. The lowest BCUT2D eigenvalue weighted by molar-refractivity contribution is -0.150. The first-order chi connectivity index (χ1) is 15.4. The molecule has 0 spiro atoms. The van der Waals surface area contributed by atoms with Crippen molar-refractivity contribution >= 4 is 39.0 Å². The summed E-state index contributed by atoms with van der Waals surface area (Å²) in [5.41, 5.74) is 1.15. The minimum absolute atomic E-state index is 0.220. The Labute approximate surface area is 195 Å². The van der Waals surface area contributed by atoms with Crippen molar-refractivity contribution in [3.8, 4) is 5.75 Å². The minimum Gasteiger partial charge on any atom is -0.479 e. The quantitative estimate of drug-likeness (QED) is 0.314. The van der Waals surface area contributed by atoms with Crippen LogP contribution < -0.4 is 10.3 Å². The standard InChI is InChI=1S/C24H26BrN3O4/c1-4-6-10-22-27-21-12-11-18(25)14-20(21)23(29)28(22)26-15-17-8-7-9-19(13-17)32-16(3)24(30)31-5-2/h7-9,11-16H,4-6,10H2,1-3H3/t16-/m1/s1. The second kappa shape index (κ2) is 11.0. The van der Waals surface area contributed by atoms with Crippen LogP contribution in [0.3, 0.4) is 0 Å². The lowest BCUT2D eigenvalue weighted by Crippen LogP contribution is -2.26. The third-order valence-corrected chi connectivity index (χ3v) is 5.23. The van der Waals surface area contributed by atoms with Crippen LogP contribution in [0.15, 0.2) is 56.8 Å². The molecule has 0 aliphatic carbocycles. The third kappa shape index (κ3) is 5.82. The largest absolute Gasteiger partial charge is 0.479 e. The maximum absolute atomic E-state index is 13.1. The normalized spacial score (nSPS) is 12.2. The van der Waals surface area contributed by atoms with Gasteiger partial charge in [0, 0.05) is 10.9 Å². The fourth-order valence-corrected chi connectivity index (χ4v) is 3.48. The number of hydrogen-bond donors (Lipinski definition) is 0. The van der Waals surface area contributed by atoms with Gasteiger partial charge in [-0.25, -0.2) is 9.78 Å². The number of ether oxygens (including phenoxy) is 2. The van der Waals surface area contributed by atoms with E-state index in [1.165, 1.54) is 4.68 Å². The van der Waals surface area contributed by atoms with Crippen molar-refractivity contribution in [2.45, 2.75) is 46.1 Å². The van der Waals surface area contributed by atoms with E-state index in [4.69, 9.17) is 9.47 Å². The molecule has 0 aliphatic rings. The van der Waals surface area contributed by atoms with Crippen LogP contribution >= 0.6 is 15.9 Å². The fraction of sp³-hybridized carbons (Fsp3) is 0.333. The number of carbonyl (C=O) groups is 1. The third-order valence-electron chi connectivity index (χ3n) is 4.74. The highest BCUT2D eigenvalue weighted by Crippen LogP contribution is 2.17. The van der Waals surface area contributed by atoms with Crippen molar-refractivity contribution in [3.05, 3.63) is 68.7 Å². The number of carbonyl (C=O) groups excluding carboxylic acids is 1. The molecule has 0 fully saturated rings. The van der Waals surface area contributed by atoms with E-state index >= 15 is 0 Å². The molecule has 0 bridgehead atoms. The van der Waals surface area contributed by atoms with Gasteiger partial charge in [-0.05, 0) is 56.2 Å². The van der Waals surface area contributed by atoms with E-state index in [-0.39, 0.29) is 5.56 Å². The van der Waals surface area contributed by atoms with Crippen molar-refractivity contribution in [1.29, 1.82) is 0 Å². The molecule has 2 aromatic carbocycles. The Hall–Kier alpha value is -3.00. The Morgan fingerprint density at radius 2 is 2.06 bits per heavy atom. The first kappa shape index (κ1) is 23.7. The highest BCUT2D eigenvalue weighted by atomic mass is 79.9. The second-order valence-electron chi connectivity index (χ2n) is 7.24. The molecule has 1 atom stereocenters. The van der Waals surface area contributed by atoms with Gasteiger partial charge < -0.3 is 9.47 Å². The van der Waals surface area contributed by atoms with E-state index in [1.807, 2.05) is 18.2 Å². The first-order valence-electron chi connectivity index (χ1n) is 10.6. The van der Waals surface area contributed by atoms with Crippen molar-refractivity contribution in [3.63, 3.8) is 0 Å². The number of hydrogen-bond acceptors (Lipinski definition) is 6. The zero-order valence-electron chi connectivity index (χ0n) is 18.4. The number of unbranched alkanes of at least 4 members (excludes halogenated alkanes) is 1. The fourth-order valence-electron chi connectivity index (χ4n) is 3.11. The van der Waals surface area contributed by atoms with Gasteiger partial charge in [0.05, 0.1) is 23.7 Å². The van der Waals surface area contributed by atoms with Gasteiger partial charge in [0.2, 0.25) is 0 Å². The zero-order chi connectivity index (χ0) is 23.1. The number of benzene rings is 2. The Morgan fingerprint density at radius 1 is 1.25 bits per heavy atom. The summed E-state index contributed by atoms with van der Waals surface area (Å²) in [5.74, 6) is 0.701. The van der Waals surface area contributed by atoms with Gasteiger partial charge in [0.25, 0.3) is 5.56 Å². The molecule has 32 heavy (non-hydrogen) atoms. The van der Waals surface area contributed by atoms with E-state index < -0.39 is 12.1 Å². The van der Waals surface area contributed by atoms with Gasteiger partial charge in [-0.1, -0.05) is 41.4 Å². The maximum atomic E-state index is 13.1. The average molecular weight is 500 g/mol. The van der Waals surface area contributed by atoms with Gasteiger partial charge in [-0.15, -0.1) is 0 Å². The number of aryl methyl sites for hydroxylation is 1. The van der Waals surface area contributed by atoms with Gasteiger partial charge in [-0.2, -0.15) is 9.78 Å². The first-order valence-corrected chi connectivity index (χ1v) is 11.4. The van der Waals surface area contributed by atoms with E-state index in [2.05, 4.69) is 32.9 Å². The molecule has 0 aliphatic heterocycles. The zero-order valence-corrected chi connectivity index (χ0v) is 20.0. The van der Waals surface area contributed by atoms with Crippen molar-refractivity contribution in [2.75, 3.05) is 6.61 Å². The molecule has 0 radical (unpaired) electrons. The molecule has 8 heteroatoms. The molecule has 7 nitrogen and oxygen atoms in total. The SMILES string of the molecule is CCCCc1nc2ccc(Br)cc2c(=O)n1N=Cc1cccc(O[C@H](C)C(=O)OCC)c1. The summed E-state index contributed by atoms with van der Waals surface area (Å²) in [6.07, 6.45) is 3.39. The van der Waals surface area contributed by atoms with E-state index in [1.54, 1.807) is 44.3 Å². The predicted octanol–water partition coefficient (Wildman–Crippen LogP) is 4.71. The van der Waals surface area contributed by atoms with Crippen LogP contribution in [0, 0.1) is 0 Å². The molecule has 1 heterocycles. The van der Waals surface area contributed by atoms with Gasteiger partial charge in [0.15, 0.2) is 6.10 Å². The summed E-state index contributed by atoms with van der Waals surface area (Å²) in [5, 5.41) is 4.94. The summed E-state index contributed by atoms with van der Waals surface area (Å²) in [4.78, 5) is 29.6. The number of halogens is 1. The van der Waals surface area contributed by atoms with E-state index in [0.29, 0.717) is 35.5 Å². The van der Waals surface area contributed by atoms with Gasteiger partial charge in [0.1, 0.15) is 11.6 Å². The lowest BCUT2D eigenvalue weighted by atomic mass is 10.2. The minimum atomic E-state index is -0.728. The highest BCUT2D eigenvalue weighted by molar-refractivity contribution is 9.10. The predicted molar refractivity (Wildman–Crippen MR) is 128 cm³/mol. The summed E-state index contributed by atoms with van der Waals surface area (Å²) in [7, 11) is 0. The van der Waals surface area contributed by atoms with Crippen LogP contribution in [-0.4, -0.2) is 34.6 Å². The topological polar surface area (TPSA) is 82.8 Å². The number of nitrogens with zero attached hydrogens (tertiary/aromatic N) is 3. The molecule has 3 aromatic rings. The summed E-state index contributed by atoms with van der Waals surface area (Å²) in [6.45, 7) is 5.77. The molecular formula is C24H26BrN3O4. The molecule has 0 amide bonds. The Balaban J connectivity index is 1.93. The number of esters is 1. The molecule has 0 unspecified atom stereocenters. The number of rotatable bonds is 9. The van der Waals surface area contributed by atoms with Crippen molar-refractivity contribution in [2.24, 2.45) is 5.10 Å². The van der Waals surface area contributed by atoms with E-state index in [9.17, 15) is 9.59 Å². The Kier molecular flexibility index (Phi) is 8.16. The molecular weight excluding hydrogens is 474 g/mol. The van der Waals surface area contributed by atoms with Crippen LogP contribution in [0.4, 0.5) is 0 Å². The average Bonchev–Trinajstić information content (AvgIpc) is 2.78. The van der Waals surface area contributed by atoms with E-state index in [0.717, 1.165) is 22.9 Å². The van der Waals surface area contributed by atoms with Crippen LogP contribution in [0.1, 0.15) is 45.0 Å². The second-order valence-corrected chi connectivity index (χ2v) is 8.15. The number of fused-ring (bicyclic) bond motifs is 1. The molecule has 0 saturated carbocycles. The van der Waals surface area contributed by atoms with Crippen molar-refractivity contribution < 1.29 is 14.3 Å². The van der Waals surface area contributed by atoms with Crippen LogP contribution in [-0.2, 0) is 16.0 Å². The van der Waals surface area contributed by atoms with Gasteiger partial charge in [-0.3, -0.25) is 4.79 Å². The molecule has 0 saturated heterocycles. The number of aromatic nitrogens is 2. The highest BCUT2D eigenvalue weighted by Gasteiger charge is 2.15. The van der Waals surface area contributed by atoms with Crippen LogP contribution in [0.2, 0.25) is 0 Å². The molecule has 168 valence electrons. The van der Waals surface area contributed by atoms with Crippen LogP contribution in [0.5, 0.6) is 5.75 Å². The molecule has 3 rings (SSSR count). The van der Waals surface area contributed by atoms with Crippen molar-refractivity contribution in [1.82, 2.24) is 9.66 Å². The smallest absolute Gasteiger partial charge is 0.347 e. The molecule has 1 aromatic heterocycles. The Morgan fingerprint density at radius 3 is 2.81 bits per heavy atom. The summed E-state index contributed by atoms with van der Waals surface area (Å²) in [6, 6.07) is 12.6. The maximum Gasteiger partial charge on any atom is 0.347 e. The van der Waals surface area contributed by atoms with Gasteiger partial charge >= 0.3 is 5.97 Å². The summed E-state index contributed by atoms with van der Waals surface area (Å²) >= 11 is 3.41. The molecule has 0 N–H and O–H groups in total. The Bertz CT molecular complexity index is 1190. The summed E-state index contributed by atoms with van der Waals surface area (Å²) < 4.78 is 12.8. The monoisotopic (exact) mass is 499 g/mol. The van der Waals surface area contributed by atoms with Crippen LogP contribution in [0.25, 0.3) is 10.9 Å².